The van der Waals surface area contributed by atoms with E-state index in [0.29, 0.717) is 11.7 Å². The molecule has 0 aliphatic carbocycles. The van der Waals surface area contributed by atoms with Crippen molar-refractivity contribution in [1.82, 2.24) is 15.2 Å². The molecule has 1 aromatic heterocycles. The average Bonchev–Trinajstić information content (AvgIpc) is 2.50. The Kier molecular flexibility index (Phi) is 6.30. The van der Waals surface area contributed by atoms with Crippen LogP contribution in [0.25, 0.3) is 0 Å². The van der Waals surface area contributed by atoms with E-state index in [1.165, 1.54) is 0 Å². The second-order valence-electron chi connectivity index (χ2n) is 5.11. The van der Waals surface area contributed by atoms with Crippen molar-refractivity contribution in [3.05, 3.63) is 58.8 Å². The molecule has 1 heterocycles. The molecule has 0 saturated heterocycles. The van der Waals surface area contributed by atoms with Gasteiger partial charge in [0.1, 0.15) is 0 Å². The maximum atomic E-state index is 5.36. The summed E-state index contributed by atoms with van der Waals surface area (Å²) in [4.78, 5) is 6.33. The van der Waals surface area contributed by atoms with Crippen molar-refractivity contribution in [2.24, 2.45) is 0 Å². The predicted octanol–water partition coefficient (Wildman–Crippen LogP) is 3.43. The Morgan fingerprint density at radius 1 is 1.27 bits per heavy atom. The van der Waals surface area contributed by atoms with Gasteiger partial charge in [-0.15, -0.1) is 0 Å². The summed E-state index contributed by atoms with van der Waals surface area (Å²) in [6.45, 7) is 0.709. The van der Waals surface area contributed by atoms with Crippen molar-refractivity contribution in [3.8, 4) is 0 Å². The molecule has 0 unspecified atom stereocenters. The van der Waals surface area contributed by atoms with Crippen molar-refractivity contribution in [2.45, 2.75) is 6.04 Å². The summed E-state index contributed by atoms with van der Waals surface area (Å²) >= 11 is 8.77. The molecule has 1 aromatic carbocycles. The van der Waals surface area contributed by atoms with Gasteiger partial charge in [0.05, 0.1) is 6.04 Å². The maximum absolute atomic E-state index is 5.36. The summed E-state index contributed by atoms with van der Waals surface area (Å²) in [7, 11) is 4.09. The summed E-state index contributed by atoms with van der Waals surface area (Å²) < 4.78 is 1.04. The number of thiocarbonyl (C=S) groups is 1. The van der Waals surface area contributed by atoms with Gasteiger partial charge >= 0.3 is 0 Å². The van der Waals surface area contributed by atoms with Crippen LogP contribution in [0.2, 0.25) is 0 Å². The first-order valence-corrected chi connectivity index (χ1v) is 8.13. The highest BCUT2D eigenvalue weighted by Gasteiger charge is 2.14. The van der Waals surface area contributed by atoms with E-state index in [-0.39, 0.29) is 6.04 Å². The zero-order valence-corrected chi connectivity index (χ0v) is 15.0. The molecule has 1 atom stereocenters. The molecule has 22 heavy (non-hydrogen) atoms. The summed E-state index contributed by atoms with van der Waals surface area (Å²) in [5, 5.41) is 7.05. The summed E-state index contributed by atoms with van der Waals surface area (Å²) in [6.07, 6.45) is 3.67. The number of hydrogen-bond donors (Lipinski definition) is 2. The SMILES string of the molecule is CN(C)[C@H](CNC(=S)Nc1ccc(Br)cc1)c1cccnc1. The van der Waals surface area contributed by atoms with Gasteiger partial charge in [-0.2, -0.15) is 0 Å². The minimum Gasteiger partial charge on any atom is -0.361 e. The normalized spacial score (nSPS) is 12.0. The van der Waals surface area contributed by atoms with E-state index >= 15 is 0 Å². The molecule has 0 spiro atoms. The minimum atomic E-state index is 0.207. The molecule has 0 bridgehead atoms. The molecular weight excluding hydrogens is 360 g/mol. The topological polar surface area (TPSA) is 40.2 Å². The monoisotopic (exact) mass is 378 g/mol. The summed E-state index contributed by atoms with van der Waals surface area (Å²) in [5.74, 6) is 0. The number of likely N-dealkylation sites (N-methyl/N-ethyl adjacent to an activating group) is 1. The van der Waals surface area contributed by atoms with Gasteiger partial charge in [-0.05, 0) is 62.2 Å². The molecular formula is C16H19BrN4S. The smallest absolute Gasteiger partial charge is 0.170 e. The first-order chi connectivity index (χ1) is 10.6. The highest BCUT2D eigenvalue weighted by Crippen LogP contribution is 2.16. The highest BCUT2D eigenvalue weighted by molar-refractivity contribution is 9.10. The molecule has 0 fully saturated rings. The van der Waals surface area contributed by atoms with Gasteiger partial charge in [-0.1, -0.05) is 22.0 Å². The zero-order chi connectivity index (χ0) is 15.9. The fourth-order valence-electron chi connectivity index (χ4n) is 2.07. The van der Waals surface area contributed by atoms with Crippen LogP contribution in [0, 0.1) is 0 Å². The standard InChI is InChI=1S/C16H19BrN4S/c1-21(2)15(12-4-3-9-18-10-12)11-19-16(22)20-14-7-5-13(17)6-8-14/h3-10,15H,11H2,1-2H3,(H2,19,20,22)/t15-/m1/s1. The number of rotatable bonds is 5. The van der Waals surface area contributed by atoms with Crippen molar-refractivity contribution < 1.29 is 0 Å². The fraction of sp³-hybridized carbons (Fsp3) is 0.250. The van der Waals surface area contributed by atoms with Crippen LogP contribution in [0.15, 0.2) is 53.3 Å². The molecule has 2 N–H and O–H groups in total. The second-order valence-corrected chi connectivity index (χ2v) is 6.43. The average molecular weight is 379 g/mol. The number of nitrogens with zero attached hydrogens (tertiary/aromatic N) is 2. The Bertz CT molecular complexity index is 601. The van der Waals surface area contributed by atoms with E-state index in [4.69, 9.17) is 12.2 Å². The van der Waals surface area contributed by atoms with E-state index in [1.807, 2.05) is 50.6 Å². The highest BCUT2D eigenvalue weighted by atomic mass is 79.9. The fourth-order valence-corrected chi connectivity index (χ4v) is 2.54. The quantitative estimate of drug-likeness (QED) is 0.779. The van der Waals surface area contributed by atoms with Crippen molar-refractivity contribution in [1.29, 1.82) is 0 Å². The maximum Gasteiger partial charge on any atom is 0.170 e. The molecule has 116 valence electrons. The number of halogens is 1. The van der Waals surface area contributed by atoms with Gasteiger partial charge in [0, 0.05) is 29.1 Å². The first kappa shape index (κ1) is 16.9. The summed E-state index contributed by atoms with van der Waals surface area (Å²) in [5.41, 5.74) is 2.12. The molecule has 0 aliphatic rings. The molecule has 6 heteroatoms. The first-order valence-electron chi connectivity index (χ1n) is 6.93. The molecule has 0 amide bonds. The van der Waals surface area contributed by atoms with E-state index in [1.54, 1.807) is 6.20 Å². The van der Waals surface area contributed by atoms with Crippen LogP contribution >= 0.6 is 28.1 Å². The lowest BCUT2D eigenvalue weighted by atomic mass is 10.1. The van der Waals surface area contributed by atoms with Crippen LogP contribution in [0.4, 0.5) is 5.69 Å². The Morgan fingerprint density at radius 2 is 2.00 bits per heavy atom. The van der Waals surface area contributed by atoms with E-state index in [0.717, 1.165) is 15.7 Å². The van der Waals surface area contributed by atoms with Gasteiger partial charge in [0.2, 0.25) is 0 Å². The Labute approximate surface area is 145 Å². The van der Waals surface area contributed by atoms with Crippen LogP contribution in [0.3, 0.4) is 0 Å². The minimum absolute atomic E-state index is 0.207. The summed E-state index contributed by atoms with van der Waals surface area (Å²) in [6, 6.07) is 12.1. The van der Waals surface area contributed by atoms with Gasteiger partial charge < -0.3 is 15.5 Å². The third kappa shape index (κ3) is 5.05. The van der Waals surface area contributed by atoms with Crippen LogP contribution in [-0.2, 0) is 0 Å². The van der Waals surface area contributed by atoms with Crippen molar-refractivity contribution in [3.63, 3.8) is 0 Å². The van der Waals surface area contributed by atoms with Crippen LogP contribution in [0.1, 0.15) is 11.6 Å². The number of aromatic nitrogens is 1. The number of anilines is 1. The second kappa shape index (κ2) is 8.22. The molecule has 0 saturated carbocycles. The van der Waals surface area contributed by atoms with Gasteiger partial charge in [0.15, 0.2) is 5.11 Å². The van der Waals surface area contributed by atoms with Gasteiger partial charge in [0.25, 0.3) is 0 Å². The zero-order valence-electron chi connectivity index (χ0n) is 12.6. The van der Waals surface area contributed by atoms with E-state index in [9.17, 15) is 0 Å². The molecule has 2 rings (SSSR count). The lowest BCUT2D eigenvalue weighted by Gasteiger charge is -2.25. The Morgan fingerprint density at radius 3 is 2.59 bits per heavy atom. The van der Waals surface area contributed by atoms with Crippen LogP contribution in [0.5, 0.6) is 0 Å². The van der Waals surface area contributed by atoms with Crippen LogP contribution in [-0.4, -0.2) is 35.6 Å². The number of pyridine rings is 1. The van der Waals surface area contributed by atoms with Crippen molar-refractivity contribution in [2.75, 3.05) is 26.0 Å². The third-order valence-electron chi connectivity index (χ3n) is 3.25. The van der Waals surface area contributed by atoms with E-state index < -0.39 is 0 Å². The molecule has 0 aliphatic heterocycles. The predicted molar refractivity (Wildman–Crippen MR) is 99.0 cm³/mol. The molecule has 4 nitrogen and oxygen atoms in total. The van der Waals surface area contributed by atoms with Gasteiger partial charge in [-0.25, -0.2) is 0 Å². The van der Waals surface area contributed by atoms with Crippen molar-refractivity contribution >= 4 is 38.9 Å². The third-order valence-corrected chi connectivity index (χ3v) is 4.03. The van der Waals surface area contributed by atoms with Gasteiger partial charge in [-0.3, -0.25) is 4.98 Å². The lowest BCUT2D eigenvalue weighted by molar-refractivity contribution is 0.298. The number of hydrogen-bond acceptors (Lipinski definition) is 3. The molecule has 0 radical (unpaired) electrons. The lowest BCUT2D eigenvalue weighted by Crippen LogP contribution is -2.36. The number of nitrogens with one attached hydrogen (secondary N) is 2. The van der Waals surface area contributed by atoms with Crippen LogP contribution < -0.4 is 10.6 Å². The molecule has 2 aromatic rings. The Hall–Kier alpha value is -1.50. The number of benzene rings is 1. The van der Waals surface area contributed by atoms with E-state index in [2.05, 4.69) is 42.5 Å². The Balaban J connectivity index is 1.92. The largest absolute Gasteiger partial charge is 0.361 e.